The lowest BCUT2D eigenvalue weighted by atomic mass is 10.1. The highest BCUT2D eigenvalue weighted by molar-refractivity contribution is 7.80. The number of alkyl halides is 3. The van der Waals surface area contributed by atoms with Gasteiger partial charge in [-0.05, 0) is 36.5 Å². The van der Waals surface area contributed by atoms with Gasteiger partial charge in [0, 0.05) is 10.6 Å². The third kappa shape index (κ3) is 4.57. The second-order valence-electron chi connectivity index (χ2n) is 4.20. The van der Waals surface area contributed by atoms with Gasteiger partial charge in [-0.25, -0.2) is 9.97 Å². The zero-order valence-electron chi connectivity index (χ0n) is 11.1. The van der Waals surface area contributed by atoms with E-state index in [4.69, 9.17) is 28.9 Å². The van der Waals surface area contributed by atoms with Crippen molar-refractivity contribution in [3.8, 4) is 11.3 Å². The van der Waals surface area contributed by atoms with Gasteiger partial charge in [-0.2, -0.15) is 13.2 Å². The molecule has 0 saturated heterocycles. The fraction of sp³-hybridized carbons (Fsp3) is 0.0833. The van der Waals surface area contributed by atoms with E-state index in [-0.39, 0.29) is 27.3 Å². The van der Waals surface area contributed by atoms with Gasteiger partial charge < -0.3 is 5.73 Å². The molecule has 0 saturated carbocycles. The van der Waals surface area contributed by atoms with Gasteiger partial charge in [-0.3, -0.25) is 10.9 Å². The number of nitrogens with zero attached hydrogens (tertiary/aromatic N) is 2. The summed E-state index contributed by atoms with van der Waals surface area (Å²) in [7, 11) is 0. The molecule has 23 heavy (non-hydrogen) atoms. The first kappa shape index (κ1) is 17.5. The predicted molar refractivity (Wildman–Crippen MR) is 86.0 cm³/mol. The van der Waals surface area contributed by atoms with Crippen molar-refractivity contribution in [3.63, 3.8) is 0 Å². The van der Waals surface area contributed by atoms with Crippen molar-refractivity contribution in [2.45, 2.75) is 6.18 Å². The van der Waals surface area contributed by atoms with Crippen LogP contribution in [0, 0.1) is 0 Å². The zero-order chi connectivity index (χ0) is 17.2. The van der Waals surface area contributed by atoms with E-state index in [0.717, 1.165) is 6.07 Å². The molecule has 0 amide bonds. The summed E-state index contributed by atoms with van der Waals surface area (Å²) in [6.07, 6.45) is -4.68. The number of anilines is 1. The number of hydrogen-bond acceptors (Lipinski definition) is 4. The predicted octanol–water partition coefficient (Wildman–Crippen LogP) is 3.63. The Morgan fingerprint density at radius 2 is 1.87 bits per heavy atom. The van der Waals surface area contributed by atoms with E-state index in [9.17, 15) is 13.2 Å². The first-order valence-electron chi connectivity index (χ1n) is 5.90. The van der Waals surface area contributed by atoms with Crippen LogP contribution in [0.25, 0.3) is 11.3 Å². The second kappa shape index (κ2) is 6.73. The molecule has 1 heterocycles. The third-order valence-electron chi connectivity index (χ3n) is 2.52. The van der Waals surface area contributed by atoms with Gasteiger partial charge in [0.1, 0.15) is 0 Å². The fourth-order valence-electron chi connectivity index (χ4n) is 1.60. The maximum absolute atomic E-state index is 13.0. The van der Waals surface area contributed by atoms with Crippen LogP contribution < -0.4 is 16.6 Å². The molecule has 0 fully saturated rings. The van der Waals surface area contributed by atoms with Crippen molar-refractivity contribution < 1.29 is 13.2 Å². The van der Waals surface area contributed by atoms with Gasteiger partial charge in [0.25, 0.3) is 0 Å². The number of aromatic nitrogens is 2. The lowest BCUT2D eigenvalue weighted by molar-refractivity contribution is -0.141. The standard InChI is InChI=1S/C12H8Cl2F3N5S/c13-5-1-2-7(14)6(3-5)8-4-9(12(15,16)17)20-11(19-8)22-21-10(18)23/h1-4H,(H3,18,21,23)(H,19,20,22). The average Bonchev–Trinajstić information content (AvgIpc) is 2.46. The van der Waals surface area contributed by atoms with E-state index in [1.807, 2.05) is 0 Å². The van der Waals surface area contributed by atoms with Gasteiger partial charge in [0.15, 0.2) is 10.8 Å². The Labute approximate surface area is 144 Å². The summed E-state index contributed by atoms with van der Waals surface area (Å²) >= 11 is 16.4. The van der Waals surface area contributed by atoms with Crippen molar-refractivity contribution in [3.05, 3.63) is 40.0 Å². The van der Waals surface area contributed by atoms with Crippen LogP contribution in [-0.4, -0.2) is 15.1 Å². The first-order valence-corrected chi connectivity index (χ1v) is 7.06. The Morgan fingerprint density at radius 1 is 1.17 bits per heavy atom. The summed E-state index contributed by atoms with van der Waals surface area (Å²) in [5.41, 5.74) is 8.74. The molecule has 1 aromatic heterocycles. The smallest absolute Gasteiger partial charge is 0.375 e. The molecular weight excluding hydrogens is 374 g/mol. The minimum absolute atomic E-state index is 0.0629. The lowest BCUT2D eigenvalue weighted by Crippen LogP contribution is -2.35. The van der Waals surface area contributed by atoms with Crippen LogP contribution in [0.2, 0.25) is 10.0 Å². The Hall–Kier alpha value is -1.84. The molecule has 0 aliphatic rings. The van der Waals surface area contributed by atoms with Crippen LogP contribution in [0.1, 0.15) is 5.69 Å². The third-order valence-corrected chi connectivity index (χ3v) is 3.19. The summed E-state index contributed by atoms with van der Waals surface area (Å²) in [6.45, 7) is 0. The summed E-state index contributed by atoms with van der Waals surface area (Å²) in [5.74, 6) is -0.376. The van der Waals surface area contributed by atoms with E-state index in [2.05, 4.69) is 33.0 Å². The first-order chi connectivity index (χ1) is 10.7. The Kier molecular flexibility index (Phi) is 5.12. The molecule has 122 valence electrons. The molecule has 2 aromatic rings. The zero-order valence-corrected chi connectivity index (χ0v) is 13.4. The van der Waals surface area contributed by atoms with Crippen LogP contribution >= 0.6 is 35.4 Å². The van der Waals surface area contributed by atoms with E-state index < -0.39 is 11.9 Å². The fourth-order valence-corrected chi connectivity index (χ4v) is 2.04. The van der Waals surface area contributed by atoms with Crippen molar-refractivity contribution in [1.82, 2.24) is 15.4 Å². The Morgan fingerprint density at radius 3 is 2.48 bits per heavy atom. The highest BCUT2D eigenvalue weighted by atomic mass is 35.5. The molecule has 2 rings (SSSR count). The van der Waals surface area contributed by atoms with Crippen LogP contribution in [-0.2, 0) is 6.18 Å². The molecule has 0 aliphatic heterocycles. The number of hydrogen-bond donors (Lipinski definition) is 3. The highest BCUT2D eigenvalue weighted by Gasteiger charge is 2.34. The van der Waals surface area contributed by atoms with E-state index in [1.54, 1.807) is 0 Å². The normalized spacial score (nSPS) is 11.2. The Bertz CT molecular complexity index is 754. The number of thiocarbonyl (C=S) groups is 1. The molecule has 11 heteroatoms. The minimum atomic E-state index is -4.68. The van der Waals surface area contributed by atoms with Gasteiger partial charge in [0.2, 0.25) is 5.95 Å². The van der Waals surface area contributed by atoms with Crippen molar-refractivity contribution in [2.24, 2.45) is 5.73 Å². The number of halogens is 5. The summed E-state index contributed by atoms with van der Waals surface area (Å²) in [6, 6.07) is 5.13. The minimum Gasteiger partial charge on any atom is -0.375 e. The monoisotopic (exact) mass is 381 g/mol. The molecule has 0 unspecified atom stereocenters. The van der Waals surface area contributed by atoms with Crippen LogP contribution in [0.4, 0.5) is 19.1 Å². The molecule has 0 radical (unpaired) electrons. The number of hydrazine groups is 1. The van der Waals surface area contributed by atoms with Crippen LogP contribution in [0.5, 0.6) is 0 Å². The molecule has 0 bridgehead atoms. The summed E-state index contributed by atoms with van der Waals surface area (Å²) in [4.78, 5) is 7.30. The number of nitrogens with two attached hydrogens (primary N) is 1. The van der Waals surface area contributed by atoms with E-state index >= 15 is 0 Å². The molecule has 0 spiro atoms. The average molecular weight is 382 g/mol. The molecule has 0 aliphatic carbocycles. The molecule has 5 nitrogen and oxygen atoms in total. The largest absolute Gasteiger partial charge is 0.433 e. The topological polar surface area (TPSA) is 75.9 Å². The maximum atomic E-state index is 13.0. The maximum Gasteiger partial charge on any atom is 0.433 e. The summed E-state index contributed by atoms with van der Waals surface area (Å²) < 4.78 is 39.0. The molecule has 1 aromatic carbocycles. The number of rotatable bonds is 3. The number of benzene rings is 1. The van der Waals surface area contributed by atoms with Crippen molar-refractivity contribution >= 4 is 46.5 Å². The van der Waals surface area contributed by atoms with Gasteiger partial charge in [-0.15, -0.1) is 0 Å². The summed E-state index contributed by atoms with van der Waals surface area (Å²) in [5, 5.41) is 0.301. The molecule has 4 N–H and O–H groups in total. The van der Waals surface area contributed by atoms with Gasteiger partial charge in [0.05, 0.1) is 10.7 Å². The molecular formula is C12H8Cl2F3N5S. The van der Waals surface area contributed by atoms with Gasteiger partial charge >= 0.3 is 6.18 Å². The van der Waals surface area contributed by atoms with E-state index in [1.165, 1.54) is 18.2 Å². The molecule has 0 atom stereocenters. The Balaban J connectivity index is 2.55. The highest BCUT2D eigenvalue weighted by Crippen LogP contribution is 2.34. The quantitative estimate of drug-likeness (QED) is 0.556. The number of nitrogens with one attached hydrogen (secondary N) is 2. The lowest BCUT2D eigenvalue weighted by Gasteiger charge is -2.13. The van der Waals surface area contributed by atoms with Gasteiger partial charge in [-0.1, -0.05) is 23.2 Å². The SMILES string of the molecule is NC(=S)NNc1nc(-c2cc(Cl)ccc2Cl)cc(C(F)(F)F)n1. The van der Waals surface area contributed by atoms with Crippen LogP contribution in [0.3, 0.4) is 0 Å². The van der Waals surface area contributed by atoms with E-state index in [0.29, 0.717) is 5.02 Å². The van der Waals surface area contributed by atoms with Crippen molar-refractivity contribution in [2.75, 3.05) is 5.43 Å². The van der Waals surface area contributed by atoms with Crippen LogP contribution in [0.15, 0.2) is 24.3 Å². The second-order valence-corrected chi connectivity index (χ2v) is 5.48. The van der Waals surface area contributed by atoms with Crippen molar-refractivity contribution in [1.29, 1.82) is 0 Å².